The van der Waals surface area contributed by atoms with Gasteiger partial charge in [0.2, 0.25) is 5.91 Å². The molecule has 0 radical (unpaired) electrons. The SMILES string of the molecule is C=CC(=O)N1Cc2cc(-c3nc(-c4ccc5ncn(C)c5c4)c4ccsc4c3-c3c(F)cc(F)cc3OCC(C)O)nn2C(C)C1. The second kappa shape index (κ2) is 11.5. The molecule has 1 aliphatic rings. The first-order valence-corrected chi connectivity index (χ1v) is 15.6. The smallest absolute Gasteiger partial charge is 0.246 e. The molecule has 234 valence electrons. The van der Waals surface area contributed by atoms with E-state index >= 15 is 4.39 Å². The zero-order valence-electron chi connectivity index (χ0n) is 25.4. The predicted molar refractivity (Wildman–Crippen MR) is 173 cm³/mol. The van der Waals surface area contributed by atoms with Gasteiger partial charge in [0.25, 0.3) is 0 Å². The fourth-order valence-corrected chi connectivity index (χ4v) is 7.00. The second-order valence-electron chi connectivity index (χ2n) is 11.6. The van der Waals surface area contributed by atoms with Crippen LogP contribution in [0.1, 0.15) is 25.6 Å². The van der Waals surface area contributed by atoms with Crippen molar-refractivity contribution >= 4 is 38.4 Å². The number of carbonyl (C=O) groups is 1. The number of halogens is 2. The highest BCUT2D eigenvalue weighted by Crippen LogP contribution is 2.47. The van der Waals surface area contributed by atoms with Gasteiger partial charge in [-0.1, -0.05) is 12.6 Å². The first kappa shape index (κ1) is 29.8. The van der Waals surface area contributed by atoms with Crippen molar-refractivity contribution in [2.75, 3.05) is 13.2 Å². The number of aliphatic hydroxyl groups excluding tert-OH is 1. The van der Waals surface area contributed by atoms with Crippen molar-refractivity contribution in [1.82, 2.24) is 29.2 Å². The molecular weight excluding hydrogens is 610 g/mol. The van der Waals surface area contributed by atoms with Crippen LogP contribution in [0.5, 0.6) is 5.75 Å². The Bertz CT molecular complexity index is 2170. The van der Waals surface area contributed by atoms with Gasteiger partial charge in [-0.25, -0.2) is 18.7 Å². The van der Waals surface area contributed by atoms with Crippen LogP contribution in [0.3, 0.4) is 0 Å². The fourth-order valence-electron chi connectivity index (χ4n) is 6.05. The molecule has 2 aromatic carbocycles. The van der Waals surface area contributed by atoms with Crippen LogP contribution in [0.15, 0.2) is 66.8 Å². The molecule has 1 N–H and O–H groups in total. The molecule has 0 bridgehead atoms. The summed E-state index contributed by atoms with van der Waals surface area (Å²) in [5.74, 6) is -1.87. The maximum Gasteiger partial charge on any atom is 0.246 e. The summed E-state index contributed by atoms with van der Waals surface area (Å²) in [7, 11) is 1.92. The molecule has 6 aromatic rings. The normalized spacial score (nSPS) is 15.3. The van der Waals surface area contributed by atoms with Crippen molar-refractivity contribution in [2.45, 2.75) is 32.5 Å². The van der Waals surface area contributed by atoms with Crippen LogP contribution < -0.4 is 4.74 Å². The van der Waals surface area contributed by atoms with Gasteiger partial charge >= 0.3 is 0 Å². The summed E-state index contributed by atoms with van der Waals surface area (Å²) in [4.78, 5) is 23.9. The van der Waals surface area contributed by atoms with Gasteiger partial charge in [0.05, 0.1) is 53.0 Å². The number of ether oxygens (including phenoxy) is 1. The molecule has 0 saturated heterocycles. The Morgan fingerprint density at radius 3 is 2.80 bits per heavy atom. The van der Waals surface area contributed by atoms with Gasteiger partial charge in [-0.05, 0) is 49.6 Å². The van der Waals surface area contributed by atoms with Crippen molar-refractivity contribution < 1.29 is 23.4 Å². The van der Waals surface area contributed by atoms with Gasteiger partial charge in [-0.15, -0.1) is 11.3 Å². The molecule has 12 heteroatoms. The number of aliphatic hydroxyl groups is 1. The molecular formula is C34H30F2N6O3S. The first-order valence-electron chi connectivity index (χ1n) is 14.8. The van der Waals surface area contributed by atoms with Crippen molar-refractivity contribution in [1.29, 1.82) is 0 Å². The summed E-state index contributed by atoms with van der Waals surface area (Å²) >= 11 is 1.40. The van der Waals surface area contributed by atoms with E-state index in [1.54, 1.807) is 11.2 Å². The minimum absolute atomic E-state index is 0.0214. The summed E-state index contributed by atoms with van der Waals surface area (Å²) in [6.45, 7) is 7.72. The molecule has 0 spiro atoms. The number of thiophene rings is 1. The maximum atomic E-state index is 16.0. The van der Waals surface area contributed by atoms with E-state index in [2.05, 4.69) is 11.6 Å². The number of rotatable bonds is 7. The summed E-state index contributed by atoms with van der Waals surface area (Å²) < 4.78 is 41.0. The number of hydrogen-bond acceptors (Lipinski definition) is 7. The largest absolute Gasteiger partial charge is 0.490 e. The van der Waals surface area contributed by atoms with Crippen molar-refractivity contribution in [2.24, 2.45) is 7.05 Å². The highest BCUT2D eigenvalue weighted by Gasteiger charge is 2.30. The summed E-state index contributed by atoms with van der Waals surface area (Å²) in [5, 5.41) is 17.6. The number of aryl methyl sites for hydroxylation is 1. The van der Waals surface area contributed by atoms with Crippen LogP contribution in [0, 0.1) is 11.6 Å². The summed E-state index contributed by atoms with van der Waals surface area (Å²) in [6, 6.07) is 11.5. The third kappa shape index (κ3) is 5.03. The molecule has 9 nitrogen and oxygen atoms in total. The Hall–Kier alpha value is -4.94. The average Bonchev–Trinajstić information content (AvgIpc) is 3.78. The van der Waals surface area contributed by atoms with Gasteiger partial charge in [0.15, 0.2) is 0 Å². The predicted octanol–water partition coefficient (Wildman–Crippen LogP) is 6.51. The number of hydrogen-bond donors (Lipinski definition) is 1. The topological polar surface area (TPSA) is 98.3 Å². The van der Waals surface area contributed by atoms with E-state index in [0.29, 0.717) is 40.4 Å². The Morgan fingerprint density at radius 2 is 2.02 bits per heavy atom. The van der Waals surface area contributed by atoms with Crippen LogP contribution in [0.4, 0.5) is 8.78 Å². The van der Waals surface area contributed by atoms with E-state index in [9.17, 15) is 14.3 Å². The minimum atomic E-state index is -0.870. The molecule has 0 fully saturated rings. The number of carbonyl (C=O) groups excluding carboxylic acids is 1. The zero-order chi connectivity index (χ0) is 32.3. The van der Waals surface area contributed by atoms with Gasteiger partial charge in [-0.3, -0.25) is 9.48 Å². The molecule has 1 amide bonds. The zero-order valence-corrected chi connectivity index (χ0v) is 26.2. The second-order valence-corrected chi connectivity index (χ2v) is 12.5. The standard InChI is InChI=1S/C34H30F2N6O3S/c1-5-29(44)41-14-18(2)42-22(15-41)13-26(39-42)33-31(30-24(36)11-21(35)12-28(30)45-16-19(3)43)34-23(8-9-46-34)32(38-33)20-6-7-25-27(10-20)40(4)17-37-25/h5-13,17-19,43H,1,14-16H2,2-4H3. The number of aromatic nitrogens is 5. The van der Waals surface area contributed by atoms with E-state index in [-0.39, 0.29) is 29.9 Å². The van der Waals surface area contributed by atoms with Crippen LogP contribution in [-0.2, 0) is 18.4 Å². The Kier molecular flexibility index (Phi) is 7.41. The Labute approximate surface area is 267 Å². The molecule has 7 rings (SSSR count). The van der Waals surface area contributed by atoms with Gasteiger partial charge in [-0.2, -0.15) is 5.10 Å². The number of fused-ring (bicyclic) bond motifs is 3. The highest BCUT2D eigenvalue weighted by molar-refractivity contribution is 7.18. The van der Waals surface area contributed by atoms with Crippen molar-refractivity contribution in [3.8, 4) is 39.5 Å². The number of nitrogens with zero attached hydrogens (tertiary/aromatic N) is 6. The number of pyridine rings is 1. The lowest BCUT2D eigenvalue weighted by Crippen LogP contribution is -2.39. The van der Waals surface area contributed by atoms with Crippen LogP contribution in [-0.4, -0.2) is 59.5 Å². The van der Waals surface area contributed by atoms with Gasteiger partial charge < -0.3 is 19.3 Å². The molecule has 5 heterocycles. The van der Waals surface area contributed by atoms with E-state index in [1.807, 2.05) is 58.9 Å². The average molecular weight is 641 g/mol. The minimum Gasteiger partial charge on any atom is -0.490 e. The van der Waals surface area contributed by atoms with E-state index in [1.165, 1.54) is 24.3 Å². The van der Waals surface area contributed by atoms with Crippen molar-refractivity contribution in [3.63, 3.8) is 0 Å². The lowest BCUT2D eigenvalue weighted by atomic mass is 9.96. The van der Waals surface area contributed by atoms with E-state index < -0.39 is 17.7 Å². The van der Waals surface area contributed by atoms with Crippen molar-refractivity contribution in [3.05, 3.63) is 84.2 Å². The third-order valence-electron chi connectivity index (χ3n) is 8.15. The lowest BCUT2D eigenvalue weighted by Gasteiger charge is -2.31. The van der Waals surface area contributed by atoms with Crippen LogP contribution in [0.2, 0.25) is 0 Å². The maximum absolute atomic E-state index is 16.0. The summed E-state index contributed by atoms with van der Waals surface area (Å²) in [5.41, 5.74) is 5.30. The molecule has 2 atom stereocenters. The third-order valence-corrected chi connectivity index (χ3v) is 9.08. The molecule has 0 aliphatic carbocycles. The molecule has 0 saturated carbocycles. The Morgan fingerprint density at radius 1 is 1.20 bits per heavy atom. The van der Waals surface area contributed by atoms with Gasteiger partial charge in [0.1, 0.15) is 35.4 Å². The Balaban J connectivity index is 1.52. The fraction of sp³-hybridized carbons (Fsp3) is 0.235. The number of imidazole rings is 1. The quantitative estimate of drug-likeness (QED) is 0.200. The molecule has 2 unspecified atom stereocenters. The van der Waals surface area contributed by atoms with Crippen LogP contribution >= 0.6 is 11.3 Å². The highest BCUT2D eigenvalue weighted by atomic mass is 32.1. The molecule has 46 heavy (non-hydrogen) atoms. The number of benzene rings is 2. The lowest BCUT2D eigenvalue weighted by molar-refractivity contribution is -0.127. The molecule has 4 aromatic heterocycles. The van der Waals surface area contributed by atoms with Gasteiger partial charge in [0, 0.05) is 46.9 Å². The van der Waals surface area contributed by atoms with Crippen LogP contribution in [0.25, 0.3) is 54.9 Å². The number of amides is 1. The monoisotopic (exact) mass is 640 g/mol. The first-order chi connectivity index (χ1) is 22.1. The molecule has 1 aliphatic heterocycles. The van der Waals surface area contributed by atoms with E-state index in [0.717, 1.165) is 39.8 Å². The summed E-state index contributed by atoms with van der Waals surface area (Å²) in [6.07, 6.45) is 2.17. The van der Waals surface area contributed by atoms with E-state index in [4.69, 9.17) is 14.8 Å².